The predicted molar refractivity (Wildman–Crippen MR) is 115 cm³/mol. The Labute approximate surface area is 187 Å². The molecule has 32 heavy (non-hydrogen) atoms. The van der Waals surface area contributed by atoms with Crippen molar-refractivity contribution >= 4 is 20.0 Å². The highest BCUT2D eigenvalue weighted by Gasteiger charge is 2.37. The first-order chi connectivity index (χ1) is 14.9. The van der Waals surface area contributed by atoms with Gasteiger partial charge < -0.3 is 10.2 Å². The number of aromatic hydroxyl groups is 2. The van der Waals surface area contributed by atoms with E-state index in [0.29, 0.717) is 24.6 Å². The van der Waals surface area contributed by atoms with Gasteiger partial charge in [0.25, 0.3) is 20.0 Å². The third kappa shape index (κ3) is 5.76. The molecular weight excluding hydrogens is 464 g/mol. The molecule has 0 spiro atoms. The van der Waals surface area contributed by atoms with E-state index in [0.717, 1.165) is 44.7 Å². The van der Waals surface area contributed by atoms with Crippen molar-refractivity contribution in [3.63, 3.8) is 0 Å². The Kier molecular flexibility index (Phi) is 8.60. The highest BCUT2D eigenvalue weighted by Crippen LogP contribution is 2.32. The smallest absolute Gasteiger partial charge is 0.256 e. The average Bonchev–Trinajstić information content (AvgIpc) is 2.72. The minimum absolute atomic E-state index is 0.190. The first kappa shape index (κ1) is 26.0. The van der Waals surface area contributed by atoms with Crippen LogP contribution in [0.1, 0.15) is 51.0 Å². The number of halogens is 2. The van der Waals surface area contributed by atoms with Gasteiger partial charge >= 0.3 is 0 Å². The van der Waals surface area contributed by atoms with Gasteiger partial charge in [-0.15, -0.1) is 0 Å². The number of benzene rings is 2. The summed E-state index contributed by atoms with van der Waals surface area (Å²) >= 11 is 0. The van der Waals surface area contributed by atoms with Crippen LogP contribution in [0.15, 0.2) is 40.1 Å². The maximum absolute atomic E-state index is 14.0. The largest absolute Gasteiger partial charge is 0.504 e. The molecule has 0 atom stereocenters. The molecule has 2 aromatic rings. The zero-order chi connectivity index (χ0) is 24.1. The van der Waals surface area contributed by atoms with Crippen molar-refractivity contribution in [3.8, 4) is 11.5 Å². The summed E-state index contributed by atoms with van der Waals surface area (Å²) in [6.07, 6.45) is 4.44. The lowest BCUT2D eigenvalue weighted by atomic mass is 10.1. The van der Waals surface area contributed by atoms with Gasteiger partial charge in [0.2, 0.25) is 0 Å². The molecule has 178 valence electrons. The summed E-state index contributed by atoms with van der Waals surface area (Å²) in [7, 11) is -9.62. The Balaban J connectivity index is 2.49. The lowest BCUT2D eigenvalue weighted by Crippen LogP contribution is -2.37. The molecule has 0 aromatic heterocycles. The SMILES string of the molecule is CCCCCCCCN(S(=O)(=O)c1ccc(O)c(O)c1)S(=O)(=O)c1cc(F)c(C)c(F)c1. The number of unbranched alkanes of at least 4 members (excludes halogenated alkanes) is 5. The first-order valence-corrected chi connectivity index (χ1v) is 13.1. The van der Waals surface area contributed by atoms with E-state index in [1.807, 2.05) is 6.92 Å². The van der Waals surface area contributed by atoms with E-state index < -0.39 is 65.1 Å². The van der Waals surface area contributed by atoms with Gasteiger partial charge in [-0.25, -0.2) is 25.6 Å². The topological polar surface area (TPSA) is 112 Å². The average molecular weight is 492 g/mol. The van der Waals surface area contributed by atoms with Crippen molar-refractivity contribution < 1.29 is 35.8 Å². The summed E-state index contributed by atoms with van der Waals surface area (Å²) in [6, 6.07) is 3.70. The molecule has 0 unspecified atom stereocenters. The summed E-state index contributed by atoms with van der Waals surface area (Å²) in [5, 5.41) is 19.1. The normalized spacial score (nSPS) is 12.4. The van der Waals surface area contributed by atoms with Gasteiger partial charge in [0, 0.05) is 18.2 Å². The monoisotopic (exact) mass is 491 g/mol. The lowest BCUT2D eigenvalue weighted by molar-refractivity contribution is 0.402. The minimum Gasteiger partial charge on any atom is -0.504 e. The number of phenolic OH excluding ortho intramolecular Hbond substituents is 2. The van der Waals surface area contributed by atoms with Crippen LogP contribution in [0.4, 0.5) is 8.78 Å². The molecular formula is C21H27F2NO6S2. The zero-order valence-corrected chi connectivity index (χ0v) is 19.5. The minimum atomic E-state index is -4.87. The van der Waals surface area contributed by atoms with E-state index >= 15 is 0 Å². The van der Waals surface area contributed by atoms with E-state index in [9.17, 15) is 35.8 Å². The fraction of sp³-hybridized carbons (Fsp3) is 0.429. The van der Waals surface area contributed by atoms with Crippen molar-refractivity contribution in [2.75, 3.05) is 6.54 Å². The van der Waals surface area contributed by atoms with E-state index in [2.05, 4.69) is 0 Å². The Hall–Kier alpha value is -2.24. The van der Waals surface area contributed by atoms with Gasteiger partial charge in [0.1, 0.15) is 11.6 Å². The lowest BCUT2D eigenvalue weighted by Gasteiger charge is -2.22. The fourth-order valence-electron chi connectivity index (χ4n) is 3.06. The van der Waals surface area contributed by atoms with E-state index in [1.165, 1.54) is 0 Å². The summed E-state index contributed by atoms with van der Waals surface area (Å²) in [4.78, 5) is -1.42. The number of nitrogens with zero attached hydrogens (tertiary/aromatic N) is 1. The molecule has 2 N–H and O–H groups in total. The maximum atomic E-state index is 14.0. The second kappa shape index (κ2) is 10.6. The quantitative estimate of drug-likeness (QED) is 0.355. The molecule has 0 fully saturated rings. The number of phenols is 2. The van der Waals surface area contributed by atoms with Crippen molar-refractivity contribution in [2.24, 2.45) is 0 Å². The van der Waals surface area contributed by atoms with Crippen LogP contribution in [0.25, 0.3) is 0 Å². The second-order valence-electron chi connectivity index (χ2n) is 7.44. The molecule has 0 heterocycles. The van der Waals surface area contributed by atoms with Gasteiger partial charge in [0.15, 0.2) is 11.5 Å². The third-order valence-corrected chi connectivity index (χ3v) is 9.32. The van der Waals surface area contributed by atoms with Crippen LogP contribution in [0, 0.1) is 18.6 Å². The first-order valence-electron chi connectivity index (χ1n) is 10.2. The summed E-state index contributed by atoms with van der Waals surface area (Å²) in [6.45, 7) is 2.72. The van der Waals surface area contributed by atoms with Crippen LogP contribution in [0.3, 0.4) is 0 Å². The molecule has 0 aliphatic heterocycles. The Morgan fingerprint density at radius 3 is 1.88 bits per heavy atom. The highest BCUT2D eigenvalue weighted by molar-refractivity contribution is 8.04. The van der Waals surface area contributed by atoms with Crippen LogP contribution < -0.4 is 0 Å². The van der Waals surface area contributed by atoms with E-state index in [-0.39, 0.29) is 10.1 Å². The third-order valence-electron chi connectivity index (χ3n) is 5.03. The Morgan fingerprint density at radius 2 is 1.31 bits per heavy atom. The zero-order valence-electron chi connectivity index (χ0n) is 17.9. The number of hydrogen-bond donors (Lipinski definition) is 2. The number of sulfonamides is 2. The molecule has 2 aromatic carbocycles. The predicted octanol–water partition coefficient (Wildman–Crippen LogP) is 4.42. The summed E-state index contributed by atoms with van der Waals surface area (Å²) < 4.78 is 81.0. The molecule has 0 radical (unpaired) electrons. The van der Waals surface area contributed by atoms with Crippen LogP contribution >= 0.6 is 0 Å². The van der Waals surface area contributed by atoms with Crippen molar-refractivity contribution in [2.45, 2.75) is 62.2 Å². The molecule has 0 saturated carbocycles. The molecule has 0 amide bonds. The molecule has 2 rings (SSSR count). The van der Waals surface area contributed by atoms with Crippen molar-refractivity contribution in [3.05, 3.63) is 47.5 Å². The molecule has 0 saturated heterocycles. The van der Waals surface area contributed by atoms with Crippen LogP contribution in [-0.2, 0) is 20.0 Å². The number of rotatable bonds is 11. The highest BCUT2D eigenvalue weighted by atomic mass is 32.3. The van der Waals surface area contributed by atoms with Crippen LogP contribution in [-0.4, -0.2) is 37.3 Å². The molecule has 0 aliphatic carbocycles. The van der Waals surface area contributed by atoms with Crippen LogP contribution in [0.2, 0.25) is 0 Å². The van der Waals surface area contributed by atoms with Gasteiger partial charge in [-0.3, -0.25) is 0 Å². The Bertz CT molecular complexity index is 1140. The maximum Gasteiger partial charge on any atom is 0.256 e. The van der Waals surface area contributed by atoms with Gasteiger partial charge in [0.05, 0.1) is 9.79 Å². The van der Waals surface area contributed by atoms with Crippen molar-refractivity contribution in [1.29, 1.82) is 0 Å². The van der Waals surface area contributed by atoms with Gasteiger partial charge in [-0.2, -0.15) is 0 Å². The summed E-state index contributed by atoms with van der Waals surface area (Å²) in [5.41, 5.74) is -0.391. The van der Waals surface area contributed by atoms with E-state index in [4.69, 9.17) is 0 Å². The van der Waals surface area contributed by atoms with Crippen molar-refractivity contribution in [1.82, 2.24) is 3.71 Å². The summed E-state index contributed by atoms with van der Waals surface area (Å²) in [5.74, 6) is -3.59. The molecule has 7 nitrogen and oxygen atoms in total. The van der Waals surface area contributed by atoms with Gasteiger partial charge in [-0.05, 0) is 37.6 Å². The Morgan fingerprint density at radius 1 is 0.781 bits per heavy atom. The standard InChI is InChI=1S/C21H27F2NO6S2/c1-3-4-5-6-7-8-11-24(31(27,28)16-9-10-20(25)21(26)14-16)32(29,30)17-12-18(22)15(2)19(23)13-17/h9-10,12-14,25-26H,3-8,11H2,1-2H3. The fourth-order valence-corrected chi connectivity index (χ4v) is 6.83. The van der Waals surface area contributed by atoms with Gasteiger partial charge in [-0.1, -0.05) is 42.7 Å². The molecule has 0 aliphatic rings. The molecule has 11 heteroatoms. The number of hydrogen-bond acceptors (Lipinski definition) is 6. The molecule has 0 bridgehead atoms. The van der Waals surface area contributed by atoms with Crippen LogP contribution in [0.5, 0.6) is 11.5 Å². The van der Waals surface area contributed by atoms with E-state index in [1.54, 1.807) is 0 Å². The second-order valence-corrected chi connectivity index (χ2v) is 11.4.